The molecule has 4 N–H and O–H groups in total. The summed E-state index contributed by atoms with van der Waals surface area (Å²) in [7, 11) is -8.45. The van der Waals surface area contributed by atoms with Crippen LogP contribution in [0.25, 0.3) is 25.6 Å². The first-order valence-electron chi connectivity index (χ1n) is 23.9. The molecule has 6 aromatic carbocycles. The maximum absolute atomic E-state index is 13.7. The van der Waals surface area contributed by atoms with Crippen molar-refractivity contribution >= 4 is 120 Å². The number of nitrogens with zero attached hydrogens (tertiary/aromatic N) is 8. The minimum atomic E-state index is -4.45. The van der Waals surface area contributed by atoms with E-state index in [0.717, 1.165) is 74.3 Å². The van der Waals surface area contributed by atoms with Gasteiger partial charge in [-0.1, -0.05) is 78.8 Å². The largest absolute Gasteiger partial charge is 1.00 e. The Morgan fingerprint density at radius 3 is 1.81 bits per heavy atom. The van der Waals surface area contributed by atoms with Gasteiger partial charge in [-0.05, 0) is 154 Å². The molecule has 0 bridgehead atoms. The zero-order valence-electron chi connectivity index (χ0n) is 46.1. The first kappa shape index (κ1) is 65.0. The summed E-state index contributed by atoms with van der Waals surface area (Å²) < 4.78 is 57.0. The van der Waals surface area contributed by atoms with Crippen molar-refractivity contribution in [3.63, 3.8) is 0 Å². The molecule has 0 fully saturated rings. The van der Waals surface area contributed by atoms with Crippen molar-refractivity contribution in [1.82, 2.24) is 19.7 Å². The van der Waals surface area contributed by atoms with E-state index in [1.807, 2.05) is 86.3 Å². The summed E-state index contributed by atoms with van der Waals surface area (Å²) in [6, 6.07) is 25.8. The van der Waals surface area contributed by atoms with Gasteiger partial charge in [-0.15, -0.1) is 10.2 Å². The van der Waals surface area contributed by atoms with Crippen LogP contribution >= 0.6 is 22.7 Å². The number of hydrogen-bond donors (Lipinski definition) is 3. The number of aromatic nitrogens is 4. The maximum atomic E-state index is 13.7. The monoisotopic (exact) mass is 1210 g/mol. The molecule has 0 spiro atoms. The van der Waals surface area contributed by atoms with Crippen molar-refractivity contribution in [2.45, 2.75) is 84.4 Å². The minimum Gasteiger partial charge on any atom is -0.545 e. The van der Waals surface area contributed by atoms with Crippen molar-refractivity contribution < 1.29 is 133 Å². The molecule has 0 amide bonds. The summed E-state index contributed by atoms with van der Waals surface area (Å²) in [6.45, 7) is 19.7. The molecule has 0 radical (unpaired) electrons. The maximum Gasteiger partial charge on any atom is 1.00 e. The van der Waals surface area contributed by atoms with Gasteiger partial charge in [0, 0.05) is 48.8 Å². The molecule has 19 nitrogen and oxygen atoms in total. The Hall–Kier alpha value is -5.14. The number of nitrogens with two attached hydrogens (primary N) is 1. The number of carbonyl (C=O) groups is 2. The summed E-state index contributed by atoms with van der Waals surface area (Å²) in [5.41, 5.74) is 9.27. The average Bonchev–Trinajstić information content (AvgIpc) is 4.08. The Morgan fingerprint density at radius 2 is 1.26 bits per heavy atom. The third-order valence-corrected chi connectivity index (χ3v) is 16.9. The van der Waals surface area contributed by atoms with Crippen LogP contribution in [-0.4, -0.2) is 48.5 Å². The minimum absolute atomic E-state index is 0. The number of carboxylic acid groups (broad SMARTS) is 2. The van der Waals surface area contributed by atoms with Crippen LogP contribution in [0.1, 0.15) is 91.7 Å². The first-order chi connectivity index (χ1) is 36.6. The van der Waals surface area contributed by atoms with E-state index in [1.165, 1.54) is 46.4 Å². The molecule has 0 saturated carbocycles. The fraction of sp³-hybridized carbons (Fsp3) is 0.200. The van der Waals surface area contributed by atoms with Crippen LogP contribution in [0.5, 0.6) is 0 Å². The molecule has 81 heavy (non-hydrogen) atoms. The van der Waals surface area contributed by atoms with Gasteiger partial charge >= 0.3 is 59.1 Å². The summed E-state index contributed by atoms with van der Waals surface area (Å²) in [5, 5.41) is 58.8. The number of nitrogens with one attached hydrogen (secondary N) is 2. The van der Waals surface area contributed by atoms with Crippen LogP contribution in [-0.2, 0) is 25.5 Å². The third-order valence-electron chi connectivity index (χ3n) is 12.6. The van der Waals surface area contributed by atoms with Gasteiger partial charge in [0.2, 0.25) is 15.2 Å². The van der Waals surface area contributed by atoms with E-state index in [1.54, 1.807) is 6.07 Å². The van der Waals surface area contributed by atoms with Gasteiger partial charge in [-0.2, -0.15) is 15.0 Å². The number of anilines is 6. The molecule has 0 saturated heterocycles. The predicted octanol–water partition coefficient (Wildman–Crippen LogP) is 4.23. The quantitative estimate of drug-likeness (QED) is 0.101. The van der Waals surface area contributed by atoms with E-state index in [2.05, 4.69) is 40.4 Å². The Bertz CT molecular complexity index is 4260. The number of benzene rings is 6. The molecular weight excluding hydrogens is 1160 g/mol. The summed E-state index contributed by atoms with van der Waals surface area (Å²) >= 11 is 2.36. The Labute approximate surface area is 550 Å². The number of primary sulfonamides is 1. The number of thiazole rings is 2. The summed E-state index contributed by atoms with van der Waals surface area (Å²) in [6.07, 6.45) is 0. The fourth-order valence-corrected chi connectivity index (χ4v) is 13.0. The van der Waals surface area contributed by atoms with Crippen LogP contribution in [0.2, 0.25) is 0 Å². The van der Waals surface area contributed by atoms with Crippen LogP contribution in [0, 0.1) is 97.5 Å². The van der Waals surface area contributed by atoms with Crippen molar-refractivity contribution in [1.29, 1.82) is 5.26 Å². The van der Waals surface area contributed by atoms with Gasteiger partial charge in [-0.3, -0.25) is 9.62 Å². The predicted molar refractivity (Wildman–Crippen MR) is 299 cm³/mol. The number of azo groups is 1. The molecule has 0 aliphatic carbocycles. The molecule has 9 rings (SSSR count). The molecule has 0 aliphatic heterocycles. The number of hydrogen-bond acceptors (Lipinski definition) is 18. The van der Waals surface area contributed by atoms with Crippen molar-refractivity contribution in [2.75, 3.05) is 14.9 Å². The van der Waals surface area contributed by atoms with Crippen LogP contribution in [0.15, 0.2) is 111 Å². The molecule has 3 aromatic heterocycles. The van der Waals surface area contributed by atoms with Gasteiger partial charge in [0.1, 0.15) is 17.3 Å². The fourth-order valence-electron chi connectivity index (χ4n) is 9.30. The molecule has 26 heteroatoms. The number of carbonyl (C=O) groups excluding carboxylic acids is 2. The number of carboxylic acids is 2. The Kier molecular flexibility index (Phi) is 20.1. The molecular formula is C55H49ArN11Na2O8S4. The van der Waals surface area contributed by atoms with Crippen LogP contribution in [0.3, 0.4) is 0 Å². The molecule has 406 valence electrons. The van der Waals surface area contributed by atoms with Gasteiger partial charge in [0.15, 0.2) is 10.9 Å². The van der Waals surface area contributed by atoms with E-state index in [0.29, 0.717) is 53.9 Å². The number of sulfonamides is 2. The standard InChI is InChI=1S/C55H51N11O8S4.Ar.2Na/c1-27-15-29(3)46(30(4)16-27)58-43-23-37(65(48-32(6)17-28(2)18-33(48)7)53-59-41-13-11-38(77(57,71)72)24-44(41)75-53)19-31(5)47(43)61-62-50-40(26-56)49(55(8,9)10)63-66(50)54-60-42-14-12-39(25-45(42)76-54)78(73,74)64-36-21-34(51(67)68)20-35(22-36)52(69)70;;;/h11-25,58,64H,1-10H3,(H,67,68)(H,69,70)(H2,57,71,72);;;/q;;2*+1/p-2. The van der Waals surface area contributed by atoms with Crippen molar-refractivity contribution in [2.24, 2.45) is 15.4 Å². The number of aromatic carboxylic acids is 2. The van der Waals surface area contributed by atoms with E-state index in [-0.39, 0.29) is 129 Å². The van der Waals surface area contributed by atoms with Gasteiger partial charge in [0.25, 0.3) is 10.0 Å². The first-order valence-corrected chi connectivity index (χ1v) is 28.5. The van der Waals surface area contributed by atoms with E-state index in [9.17, 15) is 41.9 Å². The zero-order chi connectivity index (χ0) is 56.5. The normalized spacial score (nSPS) is 11.7. The molecule has 0 unspecified atom stereocenters. The zero-order valence-corrected chi connectivity index (χ0v) is 54.0. The van der Waals surface area contributed by atoms with Gasteiger partial charge < -0.3 is 25.1 Å². The second-order valence-corrected chi connectivity index (χ2v) is 25.2. The number of rotatable bonds is 14. The Balaban J connectivity index is 0.00000352. The van der Waals surface area contributed by atoms with Gasteiger partial charge in [-0.25, -0.2) is 31.9 Å². The molecule has 3 heterocycles. The summed E-state index contributed by atoms with van der Waals surface area (Å²) in [5.74, 6) is -3.40. The average molecular weight is 1210 g/mol. The summed E-state index contributed by atoms with van der Waals surface area (Å²) in [4.78, 5) is 34.8. The van der Waals surface area contributed by atoms with Crippen molar-refractivity contribution in [3.05, 3.63) is 152 Å². The van der Waals surface area contributed by atoms with E-state index in [4.69, 9.17) is 30.4 Å². The van der Waals surface area contributed by atoms with E-state index < -0.39 is 48.5 Å². The smallest absolute Gasteiger partial charge is 0.545 e. The molecule has 9 aromatic rings. The Morgan fingerprint density at radius 1 is 0.716 bits per heavy atom. The van der Waals surface area contributed by atoms with Gasteiger partial charge in [0.05, 0.1) is 70.6 Å². The van der Waals surface area contributed by atoms with Crippen LogP contribution in [0.4, 0.5) is 45.1 Å². The SMILES string of the molecule is Cc1cc(C)c(Nc2cc(N(c3nc4ccc(S(N)(=O)=O)cc4s3)c3c(C)cc(C)cc3C)cc(C)c2N=Nc2c(C#N)c(C(C)(C)C)nn2-c2nc3ccc(S(=O)(=O)Nc4cc(C(=O)[O-])cc(C(=O)[O-])c4)cc3s2)c(C)c1.[Ar].[Na+].[Na+]. The molecule has 0 atom stereocenters. The number of fused-ring (bicyclic) bond motifs is 2. The second-order valence-electron chi connectivity index (χ2n) is 19.9. The third kappa shape index (κ3) is 13.6. The van der Waals surface area contributed by atoms with Crippen molar-refractivity contribution in [3.8, 4) is 11.2 Å². The topological polar surface area (TPSA) is 294 Å². The number of nitriles is 1. The molecule has 0 aliphatic rings. The second kappa shape index (κ2) is 25.0. The van der Waals surface area contributed by atoms with Crippen LogP contribution < -0.4 is 89.4 Å². The van der Waals surface area contributed by atoms with E-state index >= 15 is 0 Å². The number of aryl methyl sites for hydroxylation is 7.